The van der Waals surface area contributed by atoms with E-state index in [1.165, 1.54) is 38.3 Å². The molecule has 6 nitrogen and oxygen atoms in total. The zero-order valence-electron chi connectivity index (χ0n) is 30.9. The summed E-state index contributed by atoms with van der Waals surface area (Å²) in [5.41, 5.74) is 15.1. The van der Waals surface area contributed by atoms with E-state index in [0.717, 1.165) is 58.4 Å². The molecule has 0 saturated heterocycles. The average molecular weight is 727 g/mol. The number of carbonyl (C=O) groups excluding carboxylic acids is 2. The molecule has 2 amide bonds. The molecular weight excluding hydrogens is 676 g/mol. The Kier molecular flexibility index (Phi) is 12.0. The van der Waals surface area contributed by atoms with Gasteiger partial charge in [-0.05, 0) is 91.8 Å². The maximum Gasteiger partial charge on any atom is 0.261 e. The van der Waals surface area contributed by atoms with E-state index in [0.29, 0.717) is 17.7 Å². The minimum Gasteiger partial charge on any atom is -0.330 e. The number of nitrogens with two attached hydrogens (primary N) is 1. The number of hydrogen-bond acceptors (Lipinski definition) is 5. The molecular formula is C46H51ClN4O2. The molecule has 5 aromatic rings. The van der Waals surface area contributed by atoms with Gasteiger partial charge in [-0.2, -0.15) is 0 Å². The molecule has 3 aliphatic heterocycles. The maximum atomic E-state index is 12.8. The van der Waals surface area contributed by atoms with E-state index in [-0.39, 0.29) is 35.1 Å². The standard InChI is InChI=1S/C27H26N2O2.C19H24N2.ClH/c1-28-18-20-10-5-8-15-24(20)27(19-28,21-11-3-2-4-12-21)16-9-17-29-25(30)22-13-6-7-14-23(22)26(29)31;1-21-14-16-8-5-6-11-18(16)19(15-21,12-7-13-20)17-9-3-2-4-10-17;/h2-8,10-15H,9,16-19H2,1H3;2-6,8-11H,7,12-15,20H2,1H3;1H. The zero-order valence-corrected chi connectivity index (χ0v) is 31.7. The van der Waals surface area contributed by atoms with Crippen molar-refractivity contribution < 1.29 is 9.59 Å². The monoisotopic (exact) mass is 726 g/mol. The van der Waals surface area contributed by atoms with Gasteiger partial charge in [0.25, 0.3) is 11.8 Å². The van der Waals surface area contributed by atoms with Crippen LogP contribution in [0.25, 0.3) is 0 Å². The highest BCUT2D eigenvalue weighted by atomic mass is 35.5. The third-order valence-electron chi connectivity index (χ3n) is 11.3. The molecule has 3 aliphatic rings. The summed E-state index contributed by atoms with van der Waals surface area (Å²) in [6.07, 6.45) is 3.78. The van der Waals surface area contributed by atoms with Crippen molar-refractivity contribution in [2.75, 3.05) is 40.3 Å². The van der Waals surface area contributed by atoms with Gasteiger partial charge in [0, 0.05) is 43.6 Å². The van der Waals surface area contributed by atoms with E-state index in [1.807, 2.05) is 12.1 Å². The van der Waals surface area contributed by atoms with E-state index < -0.39 is 0 Å². The van der Waals surface area contributed by atoms with Crippen LogP contribution in [0.15, 0.2) is 133 Å². The number of likely N-dealkylation sites (N-methyl/N-ethyl adjacent to an activating group) is 2. The topological polar surface area (TPSA) is 69.9 Å². The van der Waals surface area contributed by atoms with E-state index in [4.69, 9.17) is 5.73 Å². The Morgan fingerprint density at radius 2 is 0.943 bits per heavy atom. The van der Waals surface area contributed by atoms with Gasteiger partial charge in [-0.15, -0.1) is 12.4 Å². The Labute approximate surface area is 321 Å². The second-order valence-electron chi connectivity index (χ2n) is 14.9. The van der Waals surface area contributed by atoms with E-state index in [2.05, 4.69) is 133 Å². The highest BCUT2D eigenvalue weighted by Crippen LogP contribution is 2.44. The minimum atomic E-state index is -0.171. The Bertz CT molecular complexity index is 1990. The summed E-state index contributed by atoms with van der Waals surface area (Å²) in [7, 11) is 4.38. The molecule has 0 saturated carbocycles. The van der Waals surface area contributed by atoms with Gasteiger partial charge in [0.05, 0.1) is 11.1 Å². The molecule has 0 aromatic heterocycles. The Morgan fingerprint density at radius 1 is 0.547 bits per heavy atom. The van der Waals surface area contributed by atoms with Crippen LogP contribution in [-0.2, 0) is 23.9 Å². The zero-order chi connectivity index (χ0) is 36.1. The van der Waals surface area contributed by atoms with Gasteiger partial charge in [-0.1, -0.05) is 121 Å². The number of imide groups is 1. The Balaban J connectivity index is 0.000000191. The quantitative estimate of drug-likeness (QED) is 0.156. The number of halogens is 1. The van der Waals surface area contributed by atoms with Gasteiger partial charge in [0.1, 0.15) is 0 Å². The van der Waals surface area contributed by atoms with Crippen molar-refractivity contribution in [1.82, 2.24) is 14.7 Å². The number of fused-ring (bicyclic) bond motifs is 3. The van der Waals surface area contributed by atoms with Gasteiger partial charge in [-0.3, -0.25) is 14.5 Å². The second-order valence-corrected chi connectivity index (χ2v) is 14.9. The van der Waals surface area contributed by atoms with Crippen molar-refractivity contribution in [2.45, 2.75) is 49.6 Å². The summed E-state index contributed by atoms with van der Waals surface area (Å²) in [5.74, 6) is -0.342. The number of rotatable bonds is 9. The molecule has 2 N–H and O–H groups in total. The first-order chi connectivity index (χ1) is 25.4. The van der Waals surface area contributed by atoms with Crippen LogP contribution >= 0.6 is 12.4 Å². The Hall–Kier alpha value is -4.59. The van der Waals surface area contributed by atoms with Gasteiger partial charge < -0.3 is 15.5 Å². The van der Waals surface area contributed by atoms with Crippen molar-refractivity contribution in [2.24, 2.45) is 5.73 Å². The SMILES string of the molecule is CN1Cc2ccccc2C(CCCN)(c2ccccc2)C1.CN1Cc2ccccc2C(CCCN2C(=O)c3ccccc3C2=O)(c2ccccc2)C1.Cl. The first-order valence-corrected chi connectivity index (χ1v) is 18.7. The summed E-state index contributed by atoms with van der Waals surface area (Å²) < 4.78 is 0. The lowest BCUT2D eigenvalue weighted by molar-refractivity contribution is 0.0647. The molecule has 274 valence electrons. The lowest BCUT2D eigenvalue weighted by atomic mass is 9.67. The third-order valence-corrected chi connectivity index (χ3v) is 11.3. The summed E-state index contributed by atoms with van der Waals surface area (Å²) in [6.45, 7) is 5.13. The van der Waals surface area contributed by atoms with Crippen LogP contribution in [0, 0.1) is 0 Å². The molecule has 0 fully saturated rings. The Morgan fingerprint density at radius 3 is 1.40 bits per heavy atom. The lowest BCUT2D eigenvalue weighted by Crippen LogP contribution is -2.45. The molecule has 53 heavy (non-hydrogen) atoms. The molecule has 0 bridgehead atoms. The first-order valence-electron chi connectivity index (χ1n) is 18.7. The molecule has 0 radical (unpaired) electrons. The fourth-order valence-electron chi connectivity index (χ4n) is 9.14. The lowest BCUT2D eigenvalue weighted by Gasteiger charge is -2.44. The van der Waals surface area contributed by atoms with E-state index in [9.17, 15) is 9.59 Å². The van der Waals surface area contributed by atoms with Crippen molar-refractivity contribution in [3.8, 4) is 0 Å². The number of amides is 2. The molecule has 8 rings (SSSR count). The number of nitrogens with zero attached hydrogens (tertiary/aromatic N) is 3. The number of carbonyl (C=O) groups is 2. The first kappa shape index (κ1) is 38.1. The van der Waals surface area contributed by atoms with Crippen LogP contribution in [0.2, 0.25) is 0 Å². The van der Waals surface area contributed by atoms with Crippen LogP contribution in [0.5, 0.6) is 0 Å². The van der Waals surface area contributed by atoms with Crippen LogP contribution in [0.4, 0.5) is 0 Å². The largest absolute Gasteiger partial charge is 0.330 e. The van der Waals surface area contributed by atoms with Crippen molar-refractivity contribution in [3.63, 3.8) is 0 Å². The van der Waals surface area contributed by atoms with Crippen molar-refractivity contribution in [1.29, 1.82) is 0 Å². The van der Waals surface area contributed by atoms with Gasteiger partial charge in [0.15, 0.2) is 0 Å². The molecule has 2 atom stereocenters. The van der Waals surface area contributed by atoms with Crippen LogP contribution in [0.1, 0.15) is 79.8 Å². The fourth-order valence-corrected chi connectivity index (χ4v) is 9.14. The average Bonchev–Trinajstić information content (AvgIpc) is 3.42. The smallest absolute Gasteiger partial charge is 0.261 e. The summed E-state index contributed by atoms with van der Waals surface area (Å²) >= 11 is 0. The summed E-state index contributed by atoms with van der Waals surface area (Å²) in [5, 5.41) is 0. The number of benzene rings is 5. The maximum absolute atomic E-state index is 12.8. The molecule has 5 aromatic carbocycles. The number of hydrogen-bond donors (Lipinski definition) is 1. The molecule has 7 heteroatoms. The molecule has 0 aliphatic carbocycles. The summed E-state index contributed by atoms with van der Waals surface area (Å²) in [6, 6.07) is 46.3. The highest BCUT2D eigenvalue weighted by molar-refractivity contribution is 6.21. The summed E-state index contributed by atoms with van der Waals surface area (Å²) in [4.78, 5) is 31.8. The predicted molar refractivity (Wildman–Crippen MR) is 217 cm³/mol. The second kappa shape index (κ2) is 16.6. The normalized spacial score (nSPS) is 20.8. The van der Waals surface area contributed by atoms with E-state index >= 15 is 0 Å². The molecule has 0 spiro atoms. The van der Waals surface area contributed by atoms with Gasteiger partial charge >= 0.3 is 0 Å². The third kappa shape index (κ3) is 7.47. The van der Waals surface area contributed by atoms with Gasteiger partial charge in [-0.25, -0.2) is 0 Å². The van der Waals surface area contributed by atoms with Crippen molar-refractivity contribution >= 4 is 24.2 Å². The minimum absolute atomic E-state index is 0. The van der Waals surface area contributed by atoms with Crippen molar-refractivity contribution in [3.05, 3.63) is 178 Å². The van der Waals surface area contributed by atoms with Crippen LogP contribution < -0.4 is 5.73 Å². The van der Waals surface area contributed by atoms with Crippen LogP contribution in [0.3, 0.4) is 0 Å². The fraction of sp³-hybridized carbons (Fsp3) is 0.304. The van der Waals surface area contributed by atoms with Gasteiger partial charge in [0.2, 0.25) is 0 Å². The molecule has 2 unspecified atom stereocenters. The van der Waals surface area contributed by atoms with Crippen LogP contribution in [-0.4, -0.2) is 66.8 Å². The highest BCUT2D eigenvalue weighted by Gasteiger charge is 2.42. The molecule has 3 heterocycles. The predicted octanol–water partition coefficient (Wildman–Crippen LogP) is 8.07. The van der Waals surface area contributed by atoms with E-state index in [1.54, 1.807) is 12.1 Å².